The molecule has 0 aliphatic carbocycles. The first-order valence-electron chi connectivity index (χ1n) is 7.89. The lowest BCUT2D eigenvalue weighted by Crippen LogP contribution is -2.34. The van der Waals surface area contributed by atoms with E-state index in [2.05, 4.69) is 22.1 Å². The second kappa shape index (κ2) is 7.76. The molecule has 0 aliphatic heterocycles. The van der Waals surface area contributed by atoms with E-state index in [-0.39, 0.29) is 11.9 Å². The number of nitrogens with one attached hydrogen (secondary N) is 1. The van der Waals surface area contributed by atoms with Crippen LogP contribution in [0.25, 0.3) is 0 Å². The minimum absolute atomic E-state index is 0.0227. The summed E-state index contributed by atoms with van der Waals surface area (Å²) in [7, 11) is 0. The van der Waals surface area contributed by atoms with Gasteiger partial charge in [0.1, 0.15) is 5.60 Å². The van der Waals surface area contributed by atoms with Crippen LogP contribution in [0, 0.1) is 11.8 Å². The molecule has 1 atom stereocenters. The maximum absolute atomic E-state index is 12.3. The number of amides is 1. The number of aliphatic hydroxyl groups is 1. The van der Waals surface area contributed by atoms with Gasteiger partial charge in [-0.1, -0.05) is 11.8 Å². The quantitative estimate of drug-likeness (QED) is 0.851. The van der Waals surface area contributed by atoms with Gasteiger partial charge in [0, 0.05) is 29.6 Å². The molecule has 0 aliphatic rings. The predicted molar refractivity (Wildman–Crippen MR) is 94.5 cm³/mol. The fraction of sp³-hybridized carbons (Fsp3) is 0.300. The summed E-state index contributed by atoms with van der Waals surface area (Å²) >= 11 is 0. The molecule has 1 amide bonds. The summed E-state index contributed by atoms with van der Waals surface area (Å²) < 4.78 is 0. The Morgan fingerprint density at radius 2 is 1.83 bits per heavy atom. The minimum Gasteiger partial charge on any atom is -0.378 e. The van der Waals surface area contributed by atoms with Crippen LogP contribution in [0.4, 0.5) is 0 Å². The van der Waals surface area contributed by atoms with Crippen LogP contribution in [0.1, 0.15) is 42.3 Å². The second-order valence-electron chi connectivity index (χ2n) is 6.32. The Morgan fingerprint density at radius 1 is 1.21 bits per heavy atom. The molecule has 0 radical (unpaired) electrons. The van der Waals surface area contributed by atoms with Crippen LogP contribution in [-0.2, 0) is 6.42 Å². The van der Waals surface area contributed by atoms with E-state index in [1.54, 1.807) is 50.5 Å². The Balaban J connectivity index is 1.96. The Morgan fingerprint density at radius 3 is 2.42 bits per heavy atom. The fourth-order valence-corrected chi connectivity index (χ4v) is 2.16. The average Bonchev–Trinajstić information content (AvgIpc) is 2.53. The van der Waals surface area contributed by atoms with E-state index >= 15 is 0 Å². The molecule has 0 spiro atoms. The van der Waals surface area contributed by atoms with E-state index < -0.39 is 5.60 Å². The van der Waals surface area contributed by atoms with Gasteiger partial charge in [0.05, 0.1) is 0 Å². The van der Waals surface area contributed by atoms with Crippen molar-refractivity contribution >= 4 is 5.91 Å². The molecule has 0 saturated carbocycles. The van der Waals surface area contributed by atoms with Gasteiger partial charge in [-0.05, 0) is 69.2 Å². The van der Waals surface area contributed by atoms with Crippen molar-refractivity contribution < 1.29 is 9.90 Å². The molecule has 1 aromatic carbocycles. The van der Waals surface area contributed by atoms with E-state index in [1.807, 2.05) is 19.1 Å². The highest BCUT2D eigenvalue weighted by molar-refractivity contribution is 5.94. The SMILES string of the molecule is C[C@H](Cc1ccncc1)NC(=O)c1ccc(C#CC(C)(C)O)cc1. The van der Waals surface area contributed by atoms with Gasteiger partial charge in [-0.3, -0.25) is 9.78 Å². The van der Waals surface area contributed by atoms with E-state index in [9.17, 15) is 9.90 Å². The highest BCUT2D eigenvalue weighted by atomic mass is 16.3. The van der Waals surface area contributed by atoms with Crippen LogP contribution in [0.5, 0.6) is 0 Å². The third kappa shape index (κ3) is 5.86. The first-order chi connectivity index (χ1) is 11.3. The standard InChI is InChI=1S/C20H22N2O2/c1-15(14-17-9-12-21-13-10-17)22-19(23)18-6-4-16(5-7-18)8-11-20(2,3)24/h4-7,9-10,12-13,15,24H,14H2,1-3H3,(H,22,23)/t15-/m1/s1. The van der Waals surface area contributed by atoms with Crippen molar-refractivity contribution in [2.75, 3.05) is 0 Å². The Labute approximate surface area is 142 Å². The number of rotatable bonds is 4. The number of hydrogen-bond acceptors (Lipinski definition) is 3. The summed E-state index contributed by atoms with van der Waals surface area (Å²) in [4.78, 5) is 16.3. The molecule has 2 rings (SSSR count). The number of hydrogen-bond donors (Lipinski definition) is 2. The number of pyridine rings is 1. The highest BCUT2D eigenvalue weighted by Gasteiger charge is 2.10. The van der Waals surface area contributed by atoms with Crippen molar-refractivity contribution in [3.05, 3.63) is 65.5 Å². The van der Waals surface area contributed by atoms with Crippen LogP contribution in [0.3, 0.4) is 0 Å². The zero-order valence-corrected chi connectivity index (χ0v) is 14.2. The van der Waals surface area contributed by atoms with Gasteiger partial charge >= 0.3 is 0 Å². The number of carbonyl (C=O) groups is 1. The lowest BCUT2D eigenvalue weighted by molar-refractivity contribution is 0.0940. The monoisotopic (exact) mass is 322 g/mol. The number of nitrogens with zero attached hydrogens (tertiary/aromatic N) is 1. The van der Waals surface area contributed by atoms with Crippen molar-refractivity contribution in [1.82, 2.24) is 10.3 Å². The molecule has 1 heterocycles. The van der Waals surface area contributed by atoms with Crippen LogP contribution in [-0.4, -0.2) is 27.6 Å². The fourth-order valence-electron chi connectivity index (χ4n) is 2.16. The minimum atomic E-state index is -1.03. The maximum atomic E-state index is 12.3. The van der Waals surface area contributed by atoms with Gasteiger partial charge < -0.3 is 10.4 Å². The largest absolute Gasteiger partial charge is 0.378 e. The van der Waals surface area contributed by atoms with Gasteiger partial charge in [0.25, 0.3) is 5.91 Å². The number of carbonyl (C=O) groups excluding carboxylic acids is 1. The third-order valence-electron chi connectivity index (χ3n) is 3.33. The van der Waals surface area contributed by atoms with E-state index in [0.29, 0.717) is 5.56 Å². The van der Waals surface area contributed by atoms with Crippen LogP contribution in [0.2, 0.25) is 0 Å². The van der Waals surface area contributed by atoms with Crippen LogP contribution in [0.15, 0.2) is 48.8 Å². The Bertz CT molecular complexity index is 735. The first kappa shape index (κ1) is 17.7. The lowest BCUT2D eigenvalue weighted by Gasteiger charge is -2.14. The molecule has 24 heavy (non-hydrogen) atoms. The van der Waals surface area contributed by atoms with Gasteiger partial charge in [0.2, 0.25) is 0 Å². The molecule has 1 aromatic heterocycles. The maximum Gasteiger partial charge on any atom is 0.251 e. The van der Waals surface area contributed by atoms with Crippen molar-refractivity contribution in [2.45, 2.75) is 38.8 Å². The van der Waals surface area contributed by atoms with Gasteiger partial charge in [0.15, 0.2) is 0 Å². The molecule has 0 bridgehead atoms. The molecular weight excluding hydrogens is 300 g/mol. The van der Waals surface area contributed by atoms with Gasteiger partial charge in [-0.2, -0.15) is 0 Å². The van der Waals surface area contributed by atoms with E-state index in [1.165, 1.54) is 0 Å². The van der Waals surface area contributed by atoms with Gasteiger partial charge in [-0.15, -0.1) is 0 Å². The smallest absolute Gasteiger partial charge is 0.251 e. The topological polar surface area (TPSA) is 62.2 Å². The van der Waals surface area contributed by atoms with Crippen molar-refractivity contribution in [1.29, 1.82) is 0 Å². The molecule has 4 heteroatoms. The van der Waals surface area contributed by atoms with Crippen LogP contribution >= 0.6 is 0 Å². The molecular formula is C20H22N2O2. The summed E-state index contributed by atoms with van der Waals surface area (Å²) in [6.45, 7) is 5.24. The van der Waals surface area contributed by atoms with Crippen molar-refractivity contribution in [2.24, 2.45) is 0 Å². The summed E-state index contributed by atoms with van der Waals surface area (Å²) in [6.07, 6.45) is 4.25. The molecule has 0 unspecified atom stereocenters. The van der Waals surface area contributed by atoms with Crippen molar-refractivity contribution in [3.8, 4) is 11.8 Å². The molecule has 2 N–H and O–H groups in total. The van der Waals surface area contributed by atoms with Crippen molar-refractivity contribution in [3.63, 3.8) is 0 Å². The summed E-state index contributed by atoms with van der Waals surface area (Å²) in [5, 5.41) is 12.6. The molecule has 0 saturated heterocycles. The zero-order valence-electron chi connectivity index (χ0n) is 14.2. The summed E-state index contributed by atoms with van der Waals surface area (Å²) in [5.74, 6) is 5.52. The van der Waals surface area contributed by atoms with Crippen LogP contribution < -0.4 is 5.32 Å². The summed E-state index contributed by atoms with van der Waals surface area (Å²) in [5.41, 5.74) is 1.46. The average molecular weight is 322 g/mol. The number of aromatic nitrogens is 1. The molecule has 0 fully saturated rings. The molecule has 124 valence electrons. The third-order valence-corrected chi connectivity index (χ3v) is 3.33. The number of benzene rings is 1. The first-order valence-corrected chi connectivity index (χ1v) is 7.89. The molecule has 4 nitrogen and oxygen atoms in total. The molecule has 2 aromatic rings. The lowest BCUT2D eigenvalue weighted by atomic mass is 10.1. The summed E-state index contributed by atoms with van der Waals surface area (Å²) in [6, 6.07) is 10.9. The van der Waals surface area contributed by atoms with E-state index in [0.717, 1.165) is 17.5 Å². The Hall–Kier alpha value is -2.64. The van der Waals surface area contributed by atoms with E-state index in [4.69, 9.17) is 0 Å². The second-order valence-corrected chi connectivity index (χ2v) is 6.32. The predicted octanol–water partition coefficient (Wildman–Crippen LogP) is 2.57. The zero-order chi connectivity index (χ0) is 17.6. The Kier molecular flexibility index (Phi) is 5.73. The normalized spacial score (nSPS) is 12.0. The highest BCUT2D eigenvalue weighted by Crippen LogP contribution is 2.07. The van der Waals surface area contributed by atoms with Gasteiger partial charge in [-0.25, -0.2) is 0 Å².